The third-order valence-corrected chi connectivity index (χ3v) is 4.06. The molecule has 0 N–H and O–H groups in total. The van der Waals surface area contributed by atoms with Gasteiger partial charge in [-0.15, -0.1) is 0 Å². The Morgan fingerprint density at radius 2 is 1.81 bits per heavy atom. The fourth-order valence-electron chi connectivity index (χ4n) is 2.66. The van der Waals surface area contributed by atoms with Crippen LogP contribution in [0.3, 0.4) is 0 Å². The second-order valence-electron chi connectivity index (χ2n) is 5.67. The van der Waals surface area contributed by atoms with Crippen LogP contribution in [0.2, 0.25) is 0 Å². The molecule has 0 radical (unpaired) electrons. The molecule has 0 bridgehead atoms. The molecule has 1 aliphatic rings. The Hall–Kier alpha value is -3.19. The quantitative estimate of drug-likeness (QED) is 0.432. The van der Waals surface area contributed by atoms with Gasteiger partial charge in [-0.25, -0.2) is 4.79 Å². The molecule has 0 saturated heterocycles. The van der Waals surface area contributed by atoms with Crippen molar-refractivity contribution in [3.05, 3.63) is 65.2 Å². The number of oxime groups is 1. The van der Waals surface area contributed by atoms with Gasteiger partial charge in [-0.05, 0) is 35.4 Å². The molecular formula is C19H15ClN2O5. The summed E-state index contributed by atoms with van der Waals surface area (Å²) >= 11 is 5.43. The number of rotatable bonds is 6. The minimum atomic E-state index is -0.647. The highest BCUT2D eigenvalue weighted by atomic mass is 35.5. The van der Waals surface area contributed by atoms with Gasteiger partial charge in [-0.3, -0.25) is 14.5 Å². The van der Waals surface area contributed by atoms with Gasteiger partial charge in [0.15, 0.2) is 5.71 Å². The predicted octanol–water partition coefficient (Wildman–Crippen LogP) is 2.51. The van der Waals surface area contributed by atoms with Crippen LogP contribution in [0.1, 0.15) is 21.5 Å². The molecule has 0 saturated carbocycles. The molecule has 8 heteroatoms. The van der Waals surface area contributed by atoms with Crippen molar-refractivity contribution in [2.24, 2.45) is 5.16 Å². The van der Waals surface area contributed by atoms with Gasteiger partial charge >= 0.3 is 5.97 Å². The Morgan fingerprint density at radius 1 is 1.11 bits per heavy atom. The van der Waals surface area contributed by atoms with Crippen LogP contribution >= 0.6 is 11.6 Å². The number of fused-ring (bicyclic) bond motifs is 1. The molecule has 0 spiro atoms. The van der Waals surface area contributed by atoms with Crippen LogP contribution in [0, 0.1) is 0 Å². The Labute approximate surface area is 160 Å². The van der Waals surface area contributed by atoms with Gasteiger partial charge in [-0.2, -0.15) is 0 Å². The standard InChI is InChI=1S/C19H15ClN2O5/c1-26-19(25)13-8-6-12(7-9-13)11-27-21-17-14-4-2-3-5-15(14)22(18(17)24)10-16(20)23/h2-9H,10-11H2,1H3. The Bertz CT molecular complexity index is 924. The lowest BCUT2D eigenvalue weighted by molar-refractivity contribution is -0.115. The summed E-state index contributed by atoms with van der Waals surface area (Å²) in [7, 11) is 1.31. The molecule has 2 aromatic carbocycles. The number of anilines is 1. The SMILES string of the molecule is COC(=O)c1ccc(CON=C2C(=O)N(CC(=O)Cl)c3ccccc32)cc1. The van der Waals surface area contributed by atoms with Crippen LogP contribution in [0.5, 0.6) is 0 Å². The lowest BCUT2D eigenvalue weighted by Crippen LogP contribution is -2.33. The van der Waals surface area contributed by atoms with Gasteiger partial charge in [0.25, 0.3) is 5.91 Å². The van der Waals surface area contributed by atoms with Crippen molar-refractivity contribution in [1.29, 1.82) is 0 Å². The molecule has 1 amide bonds. The van der Waals surface area contributed by atoms with Crippen LogP contribution in [-0.4, -0.2) is 36.5 Å². The number of ether oxygens (including phenoxy) is 1. The second-order valence-corrected chi connectivity index (χ2v) is 6.09. The first kappa shape index (κ1) is 18.6. The van der Waals surface area contributed by atoms with Crippen LogP contribution in [0.25, 0.3) is 0 Å². The summed E-state index contributed by atoms with van der Waals surface area (Å²) < 4.78 is 4.64. The molecule has 3 rings (SSSR count). The minimum absolute atomic E-state index is 0.106. The number of carbonyl (C=O) groups excluding carboxylic acids is 3. The summed E-state index contributed by atoms with van der Waals surface area (Å²) in [5.74, 6) is -0.879. The van der Waals surface area contributed by atoms with Crippen molar-refractivity contribution >= 4 is 40.1 Å². The van der Waals surface area contributed by atoms with Crippen molar-refractivity contribution in [2.75, 3.05) is 18.6 Å². The molecule has 7 nitrogen and oxygen atoms in total. The van der Waals surface area contributed by atoms with Crippen LogP contribution in [0.15, 0.2) is 53.7 Å². The zero-order valence-electron chi connectivity index (χ0n) is 14.3. The average molecular weight is 387 g/mol. The number of hydrogen-bond acceptors (Lipinski definition) is 6. The molecule has 27 heavy (non-hydrogen) atoms. The monoisotopic (exact) mass is 386 g/mol. The molecule has 1 heterocycles. The maximum absolute atomic E-state index is 12.5. The largest absolute Gasteiger partial charge is 0.465 e. The Balaban J connectivity index is 1.74. The van der Waals surface area contributed by atoms with E-state index < -0.39 is 17.1 Å². The summed E-state index contributed by atoms with van der Waals surface area (Å²) in [4.78, 5) is 41.8. The third-order valence-electron chi connectivity index (χ3n) is 3.94. The van der Waals surface area contributed by atoms with Gasteiger partial charge in [-0.1, -0.05) is 35.5 Å². The molecular weight excluding hydrogens is 372 g/mol. The number of carbonyl (C=O) groups is 3. The van der Waals surface area contributed by atoms with Crippen molar-refractivity contribution in [2.45, 2.75) is 6.61 Å². The molecule has 2 aromatic rings. The van der Waals surface area contributed by atoms with Gasteiger partial charge in [0, 0.05) is 5.56 Å². The summed E-state index contributed by atoms with van der Waals surface area (Å²) in [6, 6.07) is 13.6. The van der Waals surface area contributed by atoms with E-state index in [0.29, 0.717) is 16.8 Å². The van der Waals surface area contributed by atoms with Gasteiger partial charge in [0.2, 0.25) is 5.24 Å². The highest BCUT2D eigenvalue weighted by Crippen LogP contribution is 2.29. The zero-order valence-corrected chi connectivity index (χ0v) is 15.1. The molecule has 1 aliphatic heterocycles. The fraction of sp³-hybridized carbons (Fsp3) is 0.158. The maximum atomic E-state index is 12.5. The summed E-state index contributed by atoms with van der Waals surface area (Å²) in [6.07, 6.45) is 0. The molecule has 0 fully saturated rings. The van der Waals surface area contributed by atoms with E-state index in [2.05, 4.69) is 9.89 Å². The summed E-state index contributed by atoms with van der Waals surface area (Å²) in [6.45, 7) is -0.139. The first-order valence-electron chi connectivity index (χ1n) is 7.98. The fourth-order valence-corrected chi connectivity index (χ4v) is 2.78. The van der Waals surface area contributed by atoms with E-state index in [1.807, 2.05) is 0 Å². The molecule has 0 atom stereocenters. The zero-order chi connectivity index (χ0) is 19.4. The predicted molar refractivity (Wildman–Crippen MR) is 98.8 cm³/mol. The Morgan fingerprint density at radius 3 is 2.48 bits per heavy atom. The van der Waals surface area contributed by atoms with Gasteiger partial charge in [0.1, 0.15) is 13.2 Å². The normalized spacial score (nSPS) is 14.2. The highest BCUT2D eigenvalue weighted by molar-refractivity contribution is 6.65. The lowest BCUT2D eigenvalue weighted by Gasteiger charge is -2.13. The van der Waals surface area contributed by atoms with Crippen LogP contribution in [-0.2, 0) is 25.8 Å². The van der Waals surface area contributed by atoms with E-state index in [1.54, 1.807) is 48.5 Å². The number of esters is 1. The molecule has 0 aromatic heterocycles. The second kappa shape index (κ2) is 8.01. The number of amides is 1. The van der Waals surface area contributed by atoms with E-state index in [0.717, 1.165) is 5.56 Å². The van der Waals surface area contributed by atoms with E-state index in [1.165, 1.54) is 12.0 Å². The smallest absolute Gasteiger partial charge is 0.337 e. The number of nitrogens with zero attached hydrogens (tertiary/aromatic N) is 2. The summed E-state index contributed by atoms with van der Waals surface area (Å²) in [5, 5.41) is 3.30. The molecule has 0 aliphatic carbocycles. The molecule has 138 valence electrons. The van der Waals surface area contributed by atoms with Crippen molar-refractivity contribution in [3.8, 4) is 0 Å². The topological polar surface area (TPSA) is 85.3 Å². The van der Waals surface area contributed by atoms with E-state index in [4.69, 9.17) is 16.4 Å². The minimum Gasteiger partial charge on any atom is -0.465 e. The first-order chi connectivity index (χ1) is 13.0. The van der Waals surface area contributed by atoms with Gasteiger partial charge < -0.3 is 9.57 Å². The summed E-state index contributed by atoms with van der Waals surface area (Å²) in [5.41, 5.74) is 2.42. The number of halogens is 1. The van der Waals surface area contributed by atoms with E-state index in [9.17, 15) is 14.4 Å². The van der Waals surface area contributed by atoms with Crippen LogP contribution in [0.4, 0.5) is 5.69 Å². The van der Waals surface area contributed by atoms with Crippen molar-refractivity contribution in [1.82, 2.24) is 0 Å². The average Bonchev–Trinajstić information content (AvgIpc) is 2.93. The third kappa shape index (κ3) is 3.98. The Kier molecular flexibility index (Phi) is 5.52. The highest BCUT2D eigenvalue weighted by Gasteiger charge is 2.35. The van der Waals surface area contributed by atoms with E-state index in [-0.39, 0.29) is 18.9 Å². The lowest BCUT2D eigenvalue weighted by atomic mass is 10.1. The molecule has 0 unspecified atom stereocenters. The van der Waals surface area contributed by atoms with Crippen molar-refractivity contribution < 1.29 is 24.0 Å². The van der Waals surface area contributed by atoms with Crippen molar-refractivity contribution in [3.63, 3.8) is 0 Å². The number of para-hydroxylation sites is 1. The van der Waals surface area contributed by atoms with E-state index >= 15 is 0 Å². The first-order valence-corrected chi connectivity index (χ1v) is 8.36. The number of benzene rings is 2. The van der Waals surface area contributed by atoms with Crippen LogP contribution < -0.4 is 4.90 Å². The maximum Gasteiger partial charge on any atom is 0.337 e. The number of methoxy groups -OCH3 is 1. The number of hydrogen-bond donors (Lipinski definition) is 0. The van der Waals surface area contributed by atoms with Gasteiger partial charge in [0.05, 0.1) is 18.4 Å².